The van der Waals surface area contributed by atoms with Crippen molar-refractivity contribution >= 4 is 40.7 Å². The molecule has 0 saturated heterocycles. The van der Waals surface area contributed by atoms with Crippen LogP contribution in [-0.2, 0) is 9.59 Å². The summed E-state index contributed by atoms with van der Waals surface area (Å²) < 4.78 is 10.8. The van der Waals surface area contributed by atoms with Crippen LogP contribution in [0.4, 0.5) is 5.69 Å². The smallest absolute Gasteiger partial charge is 0.243 e. The number of para-hydroxylation sites is 2. The van der Waals surface area contributed by atoms with E-state index in [1.54, 1.807) is 44.5 Å². The van der Waals surface area contributed by atoms with Crippen molar-refractivity contribution in [3.8, 4) is 11.5 Å². The Labute approximate surface area is 168 Å². The standard InChI is InChI=1S/C19H20Cl2N2O4/c1-23(12-18(24)22-13-7-8-14(20)15(21)11-13)19(25)9-10-27-17-6-4-3-5-16(17)26-2/h3-8,11H,9-10,12H2,1-2H3,(H,22,24). The molecule has 0 spiro atoms. The number of methoxy groups -OCH3 is 1. The van der Waals surface area contributed by atoms with E-state index in [0.717, 1.165) is 0 Å². The fourth-order valence-corrected chi connectivity index (χ4v) is 2.55. The molecule has 27 heavy (non-hydrogen) atoms. The largest absolute Gasteiger partial charge is 0.493 e. The van der Waals surface area contributed by atoms with Gasteiger partial charge in [-0.1, -0.05) is 35.3 Å². The Morgan fingerprint density at radius 2 is 1.78 bits per heavy atom. The van der Waals surface area contributed by atoms with Crippen molar-refractivity contribution in [2.75, 3.05) is 32.6 Å². The summed E-state index contributed by atoms with van der Waals surface area (Å²) in [5.74, 6) is 0.608. The van der Waals surface area contributed by atoms with Crippen molar-refractivity contribution in [3.05, 3.63) is 52.5 Å². The number of likely N-dealkylation sites (N-methyl/N-ethyl adjacent to an activating group) is 1. The highest BCUT2D eigenvalue weighted by atomic mass is 35.5. The highest BCUT2D eigenvalue weighted by molar-refractivity contribution is 6.42. The lowest BCUT2D eigenvalue weighted by atomic mass is 10.3. The van der Waals surface area contributed by atoms with Gasteiger partial charge in [0.25, 0.3) is 0 Å². The van der Waals surface area contributed by atoms with Gasteiger partial charge in [0.05, 0.1) is 36.7 Å². The predicted molar refractivity (Wildman–Crippen MR) is 106 cm³/mol. The summed E-state index contributed by atoms with van der Waals surface area (Å²) in [6.45, 7) is 0.0890. The third kappa shape index (κ3) is 6.34. The molecule has 2 aromatic carbocycles. The van der Waals surface area contributed by atoms with Crippen molar-refractivity contribution < 1.29 is 19.1 Å². The second-order valence-corrected chi connectivity index (χ2v) is 6.49. The van der Waals surface area contributed by atoms with E-state index in [-0.39, 0.29) is 31.4 Å². The monoisotopic (exact) mass is 410 g/mol. The molecule has 0 aliphatic carbocycles. The molecule has 0 aliphatic heterocycles. The molecule has 0 fully saturated rings. The number of hydrogen-bond acceptors (Lipinski definition) is 4. The minimum Gasteiger partial charge on any atom is -0.493 e. The summed E-state index contributed by atoms with van der Waals surface area (Å²) in [5.41, 5.74) is 0.509. The van der Waals surface area contributed by atoms with Gasteiger partial charge in [-0.25, -0.2) is 0 Å². The van der Waals surface area contributed by atoms with Crippen molar-refractivity contribution in [2.45, 2.75) is 6.42 Å². The SMILES string of the molecule is COc1ccccc1OCCC(=O)N(C)CC(=O)Nc1ccc(Cl)c(Cl)c1. The quantitative estimate of drug-likeness (QED) is 0.716. The van der Waals surface area contributed by atoms with Crippen LogP contribution in [-0.4, -0.2) is 44.0 Å². The minimum absolute atomic E-state index is 0.0895. The number of nitrogens with one attached hydrogen (secondary N) is 1. The molecule has 1 N–H and O–H groups in total. The van der Waals surface area contributed by atoms with E-state index in [9.17, 15) is 9.59 Å². The molecule has 2 aromatic rings. The van der Waals surface area contributed by atoms with Crippen LogP contribution in [0.2, 0.25) is 10.0 Å². The molecule has 0 aromatic heterocycles. The Morgan fingerprint density at radius 3 is 2.44 bits per heavy atom. The fourth-order valence-electron chi connectivity index (χ4n) is 2.26. The van der Waals surface area contributed by atoms with Gasteiger partial charge in [-0.3, -0.25) is 9.59 Å². The third-order valence-corrected chi connectivity index (χ3v) is 4.39. The first-order valence-electron chi connectivity index (χ1n) is 8.15. The van der Waals surface area contributed by atoms with Gasteiger partial charge in [0.15, 0.2) is 11.5 Å². The molecule has 0 saturated carbocycles. The summed E-state index contributed by atoms with van der Waals surface area (Å²) in [4.78, 5) is 25.6. The first-order valence-corrected chi connectivity index (χ1v) is 8.91. The highest BCUT2D eigenvalue weighted by Gasteiger charge is 2.14. The van der Waals surface area contributed by atoms with E-state index in [2.05, 4.69) is 5.32 Å². The molecule has 6 nitrogen and oxygen atoms in total. The lowest BCUT2D eigenvalue weighted by Crippen LogP contribution is -2.35. The number of halogens is 2. The molecule has 144 valence electrons. The van der Waals surface area contributed by atoms with Crippen LogP contribution in [0, 0.1) is 0 Å². The van der Waals surface area contributed by atoms with Gasteiger partial charge in [-0.2, -0.15) is 0 Å². The van der Waals surface area contributed by atoms with E-state index >= 15 is 0 Å². The summed E-state index contributed by atoms with van der Waals surface area (Å²) in [6, 6.07) is 12.0. The summed E-state index contributed by atoms with van der Waals surface area (Å²) in [7, 11) is 3.10. The highest BCUT2D eigenvalue weighted by Crippen LogP contribution is 2.26. The molecule has 8 heteroatoms. The summed E-state index contributed by atoms with van der Waals surface area (Å²) >= 11 is 11.7. The van der Waals surface area contributed by atoms with Crippen LogP contribution in [0.5, 0.6) is 11.5 Å². The lowest BCUT2D eigenvalue weighted by molar-refractivity contribution is -0.133. The van der Waals surface area contributed by atoms with Crippen LogP contribution in [0.3, 0.4) is 0 Å². The molecular formula is C19H20Cl2N2O4. The van der Waals surface area contributed by atoms with Gasteiger partial charge in [-0.05, 0) is 30.3 Å². The number of hydrogen-bond donors (Lipinski definition) is 1. The van der Waals surface area contributed by atoms with Crippen molar-refractivity contribution in [2.24, 2.45) is 0 Å². The first kappa shape index (κ1) is 20.9. The van der Waals surface area contributed by atoms with Crippen LogP contribution in [0.15, 0.2) is 42.5 Å². The third-order valence-electron chi connectivity index (χ3n) is 3.65. The number of rotatable bonds is 8. The van der Waals surface area contributed by atoms with Crippen LogP contribution >= 0.6 is 23.2 Å². The average Bonchev–Trinajstić information content (AvgIpc) is 2.64. The second-order valence-electron chi connectivity index (χ2n) is 5.68. The minimum atomic E-state index is -0.338. The van der Waals surface area contributed by atoms with Crippen LogP contribution < -0.4 is 14.8 Å². The normalized spacial score (nSPS) is 10.2. The van der Waals surface area contributed by atoms with E-state index in [1.165, 1.54) is 4.90 Å². The Bertz CT molecular complexity index is 814. The number of nitrogens with zero attached hydrogens (tertiary/aromatic N) is 1. The molecule has 0 radical (unpaired) electrons. The van der Waals surface area contributed by atoms with Crippen molar-refractivity contribution in [1.82, 2.24) is 4.90 Å². The number of amides is 2. The Kier molecular flexibility index (Phi) is 7.76. The number of carbonyl (C=O) groups excluding carboxylic acids is 2. The fraction of sp³-hybridized carbons (Fsp3) is 0.263. The van der Waals surface area contributed by atoms with Gasteiger partial charge in [-0.15, -0.1) is 0 Å². The van der Waals surface area contributed by atoms with Gasteiger partial charge in [0.1, 0.15) is 0 Å². The zero-order valence-electron chi connectivity index (χ0n) is 15.0. The maximum Gasteiger partial charge on any atom is 0.243 e. The molecule has 2 amide bonds. The van der Waals surface area contributed by atoms with Gasteiger partial charge in [0.2, 0.25) is 11.8 Å². The Morgan fingerprint density at radius 1 is 1.07 bits per heavy atom. The molecule has 0 unspecified atom stereocenters. The van der Waals surface area contributed by atoms with Crippen LogP contribution in [0.1, 0.15) is 6.42 Å². The second kappa shape index (κ2) is 10.0. The summed E-state index contributed by atoms with van der Waals surface area (Å²) in [5, 5.41) is 3.41. The number of carbonyl (C=O) groups is 2. The lowest BCUT2D eigenvalue weighted by Gasteiger charge is -2.17. The maximum absolute atomic E-state index is 12.2. The molecule has 0 atom stereocenters. The van der Waals surface area contributed by atoms with Gasteiger partial charge in [0, 0.05) is 12.7 Å². The Hall–Kier alpha value is -2.44. The molecule has 0 heterocycles. The van der Waals surface area contributed by atoms with Crippen LogP contribution in [0.25, 0.3) is 0 Å². The van der Waals surface area contributed by atoms with E-state index < -0.39 is 0 Å². The molecular weight excluding hydrogens is 391 g/mol. The average molecular weight is 411 g/mol. The molecule has 0 bridgehead atoms. The number of anilines is 1. The molecule has 2 rings (SSSR count). The van der Waals surface area contributed by atoms with E-state index in [1.807, 2.05) is 12.1 Å². The zero-order valence-corrected chi connectivity index (χ0v) is 16.5. The Balaban J connectivity index is 1.79. The molecule has 0 aliphatic rings. The van der Waals surface area contributed by atoms with Crippen molar-refractivity contribution in [3.63, 3.8) is 0 Å². The number of ether oxygens (including phenoxy) is 2. The van der Waals surface area contributed by atoms with Gasteiger partial charge >= 0.3 is 0 Å². The van der Waals surface area contributed by atoms with E-state index in [0.29, 0.717) is 27.2 Å². The predicted octanol–water partition coefficient (Wildman–Crippen LogP) is 3.87. The number of benzene rings is 2. The van der Waals surface area contributed by atoms with E-state index in [4.69, 9.17) is 32.7 Å². The zero-order chi connectivity index (χ0) is 19.8. The summed E-state index contributed by atoms with van der Waals surface area (Å²) in [6.07, 6.45) is 0.134. The topological polar surface area (TPSA) is 67.9 Å². The first-order chi connectivity index (χ1) is 12.9. The van der Waals surface area contributed by atoms with Crippen molar-refractivity contribution in [1.29, 1.82) is 0 Å². The van der Waals surface area contributed by atoms with Gasteiger partial charge < -0.3 is 19.7 Å². The maximum atomic E-state index is 12.2.